The van der Waals surface area contributed by atoms with Crippen LogP contribution in [0.3, 0.4) is 0 Å². The number of hydrogen-bond acceptors (Lipinski definition) is 5. The van der Waals surface area contributed by atoms with E-state index >= 15 is 0 Å². The summed E-state index contributed by atoms with van der Waals surface area (Å²) < 4.78 is 28.3. The summed E-state index contributed by atoms with van der Waals surface area (Å²) in [5.74, 6) is -0.978. The van der Waals surface area contributed by atoms with Crippen LogP contribution < -0.4 is 5.32 Å². The second kappa shape index (κ2) is 5.08. The molecule has 1 amide bonds. The van der Waals surface area contributed by atoms with Gasteiger partial charge >= 0.3 is 5.97 Å². The predicted molar refractivity (Wildman–Crippen MR) is 79.2 cm³/mol. The smallest absolute Gasteiger partial charge is 0.339 e. The summed E-state index contributed by atoms with van der Waals surface area (Å²) in [6, 6.07) is 7.00. The van der Waals surface area contributed by atoms with E-state index in [0.29, 0.717) is 18.4 Å². The minimum atomic E-state index is -3.11. The quantitative estimate of drug-likeness (QED) is 0.799. The Hall–Kier alpha value is -1.89. The van der Waals surface area contributed by atoms with Gasteiger partial charge in [-0.3, -0.25) is 4.79 Å². The van der Waals surface area contributed by atoms with Gasteiger partial charge in [-0.1, -0.05) is 18.2 Å². The molecule has 2 heterocycles. The minimum Gasteiger partial charge on any atom is -0.448 e. The van der Waals surface area contributed by atoms with Crippen molar-refractivity contribution in [3.05, 3.63) is 35.4 Å². The van der Waals surface area contributed by atoms with Gasteiger partial charge < -0.3 is 10.1 Å². The van der Waals surface area contributed by atoms with Gasteiger partial charge in [0.1, 0.15) is 0 Å². The third-order valence-electron chi connectivity index (χ3n) is 4.11. The topological polar surface area (TPSA) is 89.5 Å². The fourth-order valence-corrected chi connectivity index (χ4v) is 5.06. The summed E-state index contributed by atoms with van der Waals surface area (Å²) in [5.41, 5.74) is 0.448. The zero-order chi connectivity index (χ0) is 16.0. The molecule has 1 aromatic carbocycles. The summed E-state index contributed by atoms with van der Waals surface area (Å²) in [6.45, 7) is 1.70. The summed E-state index contributed by atoms with van der Waals surface area (Å²) >= 11 is 0. The van der Waals surface area contributed by atoms with Gasteiger partial charge in [-0.05, 0) is 25.0 Å². The molecule has 3 rings (SSSR count). The third kappa shape index (κ3) is 2.85. The Bertz CT molecular complexity index is 742. The van der Waals surface area contributed by atoms with E-state index in [1.54, 1.807) is 31.2 Å². The van der Waals surface area contributed by atoms with Crippen LogP contribution in [0.5, 0.6) is 0 Å². The van der Waals surface area contributed by atoms with Gasteiger partial charge in [-0.25, -0.2) is 13.2 Å². The van der Waals surface area contributed by atoms with Gasteiger partial charge in [-0.15, -0.1) is 0 Å². The van der Waals surface area contributed by atoms with Crippen molar-refractivity contribution in [3.8, 4) is 0 Å². The van der Waals surface area contributed by atoms with E-state index < -0.39 is 33.4 Å². The molecule has 2 aliphatic heterocycles. The number of fused-ring (bicyclic) bond motifs is 1. The van der Waals surface area contributed by atoms with E-state index in [1.165, 1.54) is 0 Å². The monoisotopic (exact) mass is 323 g/mol. The highest BCUT2D eigenvalue weighted by atomic mass is 32.2. The van der Waals surface area contributed by atoms with Crippen molar-refractivity contribution in [2.45, 2.75) is 31.4 Å². The average molecular weight is 323 g/mol. The second-order valence-corrected chi connectivity index (χ2v) is 8.33. The molecule has 0 spiro atoms. The molecule has 0 aliphatic carbocycles. The lowest BCUT2D eigenvalue weighted by Gasteiger charge is -2.29. The van der Waals surface area contributed by atoms with E-state index in [1.807, 2.05) is 0 Å². The lowest BCUT2D eigenvalue weighted by Crippen LogP contribution is -2.52. The number of ether oxygens (including phenoxy) is 1. The Balaban J connectivity index is 1.74. The maximum atomic E-state index is 12.3. The molecule has 0 saturated carbocycles. The number of carbonyl (C=O) groups is 2. The molecular formula is C15H17NO5S. The van der Waals surface area contributed by atoms with Crippen LogP contribution in [0.2, 0.25) is 0 Å². The molecule has 118 valence electrons. The molecular weight excluding hydrogens is 306 g/mol. The fraction of sp³-hybridized carbons (Fsp3) is 0.467. The van der Waals surface area contributed by atoms with Gasteiger partial charge in [-0.2, -0.15) is 0 Å². The van der Waals surface area contributed by atoms with Gasteiger partial charge in [0.2, 0.25) is 0 Å². The van der Waals surface area contributed by atoms with Crippen molar-refractivity contribution in [1.82, 2.24) is 5.32 Å². The predicted octanol–water partition coefficient (Wildman–Crippen LogP) is 0.462. The molecule has 0 bridgehead atoms. The lowest BCUT2D eigenvalue weighted by atomic mass is 9.96. The van der Waals surface area contributed by atoms with E-state index in [-0.39, 0.29) is 11.5 Å². The second-order valence-electron chi connectivity index (χ2n) is 6.15. The minimum absolute atomic E-state index is 0.0665. The molecule has 6 nitrogen and oxygen atoms in total. The molecule has 2 atom stereocenters. The maximum absolute atomic E-state index is 12.3. The average Bonchev–Trinajstić information content (AvgIpc) is 2.72. The molecule has 0 aromatic heterocycles. The van der Waals surface area contributed by atoms with Crippen LogP contribution in [-0.2, 0) is 25.8 Å². The molecule has 22 heavy (non-hydrogen) atoms. The van der Waals surface area contributed by atoms with Crippen LogP contribution in [0, 0.1) is 0 Å². The third-order valence-corrected chi connectivity index (χ3v) is 6.02. The van der Waals surface area contributed by atoms with Crippen molar-refractivity contribution in [3.63, 3.8) is 0 Å². The van der Waals surface area contributed by atoms with Crippen molar-refractivity contribution in [2.24, 2.45) is 0 Å². The highest BCUT2D eigenvalue weighted by Crippen LogP contribution is 2.25. The number of nitrogens with one attached hydrogen (secondary N) is 1. The number of cyclic esters (lactones) is 1. The number of hydrogen-bond donors (Lipinski definition) is 1. The van der Waals surface area contributed by atoms with Crippen molar-refractivity contribution in [2.75, 3.05) is 11.5 Å². The van der Waals surface area contributed by atoms with Crippen molar-refractivity contribution < 1.29 is 22.7 Å². The van der Waals surface area contributed by atoms with E-state index in [2.05, 4.69) is 5.32 Å². The number of amides is 1. The van der Waals surface area contributed by atoms with E-state index in [4.69, 9.17) is 4.74 Å². The van der Waals surface area contributed by atoms with Gasteiger partial charge in [0.15, 0.2) is 15.9 Å². The number of sulfone groups is 1. The lowest BCUT2D eigenvalue weighted by molar-refractivity contribution is -0.131. The number of esters is 1. The Morgan fingerprint density at radius 2 is 2.09 bits per heavy atom. The van der Waals surface area contributed by atoms with Crippen molar-refractivity contribution >= 4 is 21.7 Å². The molecule has 2 aliphatic rings. The van der Waals surface area contributed by atoms with Crippen LogP contribution in [0.15, 0.2) is 24.3 Å². The zero-order valence-corrected chi connectivity index (χ0v) is 13.0. The van der Waals surface area contributed by atoms with E-state index in [0.717, 1.165) is 5.56 Å². The van der Waals surface area contributed by atoms with Crippen molar-refractivity contribution in [1.29, 1.82) is 0 Å². The summed E-state index contributed by atoms with van der Waals surface area (Å²) in [5, 5.41) is 2.74. The first-order chi connectivity index (χ1) is 10.3. The SMILES string of the molecule is C[C@]1(NC(=O)[C@H]2Cc3ccccc3C(=O)O2)CCS(=O)(=O)C1. The first-order valence-corrected chi connectivity index (χ1v) is 8.92. The maximum Gasteiger partial charge on any atom is 0.339 e. The van der Waals surface area contributed by atoms with Gasteiger partial charge in [0.25, 0.3) is 5.91 Å². The highest BCUT2D eigenvalue weighted by Gasteiger charge is 2.41. The van der Waals surface area contributed by atoms with Crippen LogP contribution in [0.1, 0.15) is 29.3 Å². The summed E-state index contributed by atoms with van der Waals surface area (Å²) in [7, 11) is -3.11. The largest absolute Gasteiger partial charge is 0.448 e. The molecule has 0 unspecified atom stereocenters. The van der Waals surface area contributed by atoms with E-state index in [9.17, 15) is 18.0 Å². The zero-order valence-electron chi connectivity index (χ0n) is 12.2. The van der Waals surface area contributed by atoms with Crippen LogP contribution in [0.25, 0.3) is 0 Å². The Morgan fingerprint density at radius 3 is 2.77 bits per heavy atom. The molecule has 7 heteroatoms. The summed E-state index contributed by atoms with van der Waals surface area (Å²) in [6.07, 6.45) is -0.239. The Labute approximate surface area is 128 Å². The summed E-state index contributed by atoms with van der Waals surface area (Å²) in [4.78, 5) is 24.3. The molecule has 0 radical (unpaired) electrons. The highest BCUT2D eigenvalue weighted by molar-refractivity contribution is 7.91. The fourth-order valence-electron chi connectivity index (χ4n) is 2.96. The first kappa shape index (κ1) is 15.0. The molecule has 1 N–H and O–H groups in total. The van der Waals surface area contributed by atoms with Crippen LogP contribution in [0.4, 0.5) is 0 Å². The number of benzene rings is 1. The molecule has 1 saturated heterocycles. The number of carbonyl (C=O) groups excluding carboxylic acids is 2. The Kier molecular flexibility index (Phi) is 3.47. The van der Waals surface area contributed by atoms with Gasteiger partial charge in [0.05, 0.1) is 22.6 Å². The Morgan fingerprint density at radius 1 is 1.36 bits per heavy atom. The number of rotatable bonds is 2. The van der Waals surface area contributed by atoms with Crippen LogP contribution in [-0.4, -0.2) is 43.4 Å². The molecule has 1 fully saturated rings. The van der Waals surface area contributed by atoms with Gasteiger partial charge in [0, 0.05) is 6.42 Å². The van der Waals surface area contributed by atoms with Crippen LogP contribution >= 0.6 is 0 Å². The normalized spacial score (nSPS) is 29.5. The first-order valence-electron chi connectivity index (χ1n) is 7.09. The molecule has 1 aromatic rings. The standard InChI is InChI=1S/C15H17NO5S/c1-15(6-7-22(19,20)9-15)16-13(17)12-8-10-4-2-3-5-11(10)14(18)21-12/h2-5,12H,6-9H2,1H3,(H,16,17)/t12-,15+/m1/s1.